The van der Waals surface area contributed by atoms with Gasteiger partial charge < -0.3 is 19.1 Å². The molecule has 0 spiro atoms. The van der Waals surface area contributed by atoms with Gasteiger partial charge in [0.15, 0.2) is 0 Å². The molecule has 2 amide bonds. The molecule has 1 aliphatic rings. The minimum atomic E-state index is -0.544. The maximum absolute atomic E-state index is 12.6. The molecule has 30 heavy (non-hydrogen) atoms. The summed E-state index contributed by atoms with van der Waals surface area (Å²) in [7, 11) is 1.72. The zero-order valence-electron chi connectivity index (χ0n) is 18.0. The number of ether oxygens (including phenoxy) is 1. The van der Waals surface area contributed by atoms with E-state index >= 15 is 0 Å². The highest BCUT2D eigenvalue weighted by atomic mass is 32.2. The highest BCUT2D eigenvalue weighted by Gasteiger charge is 2.33. The van der Waals surface area contributed by atoms with Gasteiger partial charge in [0, 0.05) is 25.7 Å². The molecular formula is C21H28N4O4S. The molecule has 0 aliphatic carbocycles. The minimum absolute atomic E-state index is 0.0182. The van der Waals surface area contributed by atoms with Crippen LogP contribution in [0.1, 0.15) is 32.8 Å². The average molecular weight is 433 g/mol. The number of thioether (sulfide) groups is 1. The highest BCUT2D eigenvalue weighted by molar-refractivity contribution is 7.99. The van der Waals surface area contributed by atoms with Crippen LogP contribution >= 0.6 is 11.8 Å². The van der Waals surface area contributed by atoms with Crippen molar-refractivity contribution in [1.29, 1.82) is 0 Å². The van der Waals surface area contributed by atoms with Crippen LogP contribution in [-0.2, 0) is 9.53 Å². The van der Waals surface area contributed by atoms with Gasteiger partial charge in [-0.25, -0.2) is 4.79 Å². The number of aromatic nitrogens is 2. The Labute approximate surface area is 180 Å². The van der Waals surface area contributed by atoms with Crippen LogP contribution in [0.3, 0.4) is 0 Å². The number of carbonyl (C=O) groups excluding carboxylic acids is 2. The summed E-state index contributed by atoms with van der Waals surface area (Å²) in [6, 6.07) is 7.79. The number of aryl methyl sites for hydroxylation is 1. The van der Waals surface area contributed by atoms with Gasteiger partial charge >= 0.3 is 6.09 Å². The second kappa shape index (κ2) is 9.07. The van der Waals surface area contributed by atoms with E-state index in [-0.39, 0.29) is 23.8 Å². The molecule has 0 radical (unpaired) electrons. The third-order valence-corrected chi connectivity index (χ3v) is 5.55. The summed E-state index contributed by atoms with van der Waals surface area (Å²) in [5, 5.41) is 4.36. The molecule has 0 saturated carbocycles. The van der Waals surface area contributed by atoms with Gasteiger partial charge in [-0.05, 0) is 40.2 Å². The number of carbonyl (C=O) groups is 2. The smallest absolute Gasteiger partial charge is 0.410 e. The second-order valence-corrected chi connectivity index (χ2v) is 9.34. The first-order valence-electron chi connectivity index (χ1n) is 9.89. The Morgan fingerprint density at radius 1 is 1.37 bits per heavy atom. The maximum Gasteiger partial charge on any atom is 0.410 e. The molecule has 9 heteroatoms. The van der Waals surface area contributed by atoms with Gasteiger partial charge in [-0.15, -0.1) is 0 Å². The van der Waals surface area contributed by atoms with E-state index in [1.54, 1.807) is 16.8 Å². The first-order valence-corrected chi connectivity index (χ1v) is 10.9. The van der Waals surface area contributed by atoms with Crippen molar-refractivity contribution in [2.24, 2.45) is 0 Å². The van der Waals surface area contributed by atoms with Crippen LogP contribution in [0.2, 0.25) is 0 Å². The molecule has 3 rings (SSSR count). The van der Waals surface area contributed by atoms with E-state index in [4.69, 9.17) is 9.26 Å². The number of hydrogen-bond donors (Lipinski definition) is 0. The van der Waals surface area contributed by atoms with Gasteiger partial charge in [-0.3, -0.25) is 4.79 Å². The monoisotopic (exact) mass is 432 g/mol. The van der Waals surface area contributed by atoms with E-state index in [1.165, 1.54) is 11.8 Å². The standard InChI is InChI=1S/C21H28N4O4S/c1-14-7-6-8-15(11-14)18-22-19(29-23-18)30-13-17(26)25-10-9-16(12-25)24(5)20(27)28-21(2,3)4/h6-8,11,16H,9-10,12-13H2,1-5H3/t16-/m0/s1. The SMILES string of the molecule is Cc1cccc(-c2noc(SCC(=O)N3CC[C@H](N(C)C(=O)OC(C)(C)C)C3)n2)c1. The van der Waals surface area contributed by atoms with E-state index in [1.807, 2.05) is 52.0 Å². The molecule has 1 aromatic carbocycles. The number of nitrogens with zero attached hydrogens (tertiary/aromatic N) is 4. The zero-order valence-corrected chi connectivity index (χ0v) is 18.9. The van der Waals surface area contributed by atoms with Crippen molar-refractivity contribution in [3.63, 3.8) is 0 Å². The van der Waals surface area contributed by atoms with Crippen molar-refractivity contribution in [3.05, 3.63) is 29.8 Å². The third-order valence-electron chi connectivity index (χ3n) is 4.75. The number of hydrogen-bond acceptors (Lipinski definition) is 7. The molecule has 1 aromatic heterocycles. The fraction of sp³-hybridized carbons (Fsp3) is 0.524. The lowest BCUT2D eigenvalue weighted by Gasteiger charge is -2.28. The fourth-order valence-electron chi connectivity index (χ4n) is 3.15. The van der Waals surface area contributed by atoms with Crippen LogP contribution in [-0.4, -0.2) is 69.5 Å². The molecule has 1 saturated heterocycles. The quantitative estimate of drug-likeness (QED) is 0.667. The number of amides is 2. The molecule has 1 fully saturated rings. The fourth-order valence-corrected chi connectivity index (χ4v) is 3.82. The summed E-state index contributed by atoms with van der Waals surface area (Å²) >= 11 is 1.22. The minimum Gasteiger partial charge on any atom is -0.444 e. The van der Waals surface area contributed by atoms with Gasteiger partial charge in [0.25, 0.3) is 5.22 Å². The molecular weight excluding hydrogens is 404 g/mol. The molecule has 0 bridgehead atoms. The van der Waals surface area contributed by atoms with Gasteiger partial charge in [-0.1, -0.05) is 40.7 Å². The summed E-state index contributed by atoms with van der Waals surface area (Å²) in [4.78, 5) is 32.5. The summed E-state index contributed by atoms with van der Waals surface area (Å²) in [5.41, 5.74) is 1.45. The Morgan fingerprint density at radius 2 is 2.13 bits per heavy atom. The number of likely N-dealkylation sites (N-methyl/N-ethyl adjacent to an activating group) is 1. The summed E-state index contributed by atoms with van der Waals surface area (Å²) in [5.74, 6) is 0.697. The Kier molecular flexibility index (Phi) is 6.70. The number of benzene rings is 1. The van der Waals surface area contributed by atoms with Crippen molar-refractivity contribution in [2.45, 2.75) is 51.0 Å². The zero-order chi connectivity index (χ0) is 21.9. The highest BCUT2D eigenvalue weighted by Crippen LogP contribution is 2.24. The lowest BCUT2D eigenvalue weighted by atomic mass is 10.1. The number of rotatable bonds is 5. The van der Waals surface area contributed by atoms with E-state index in [9.17, 15) is 9.59 Å². The summed E-state index contributed by atoms with van der Waals surface area (Å²) < 4.78 is 10.7. The predicted molar refractivity (Wildman–Crippen MR) is 114 cm³/mol. The number of likely N-dealkylation sites (tertiary alicyclic amines) is 1. The summed E-state index contributed by atoms with van der Waals surface area (Å²) in [6.45, 7) is 8.61. The lowest BCUT2D eigenvalue weighted by molar-refractivity contribution is -0.127. The van der Waals surface area contributed by atoms with Gasteiger partial charge in [0.2, 0.25) is 11.7 Å². The normalized spacial score (nSPS) is 16.6. The van der Waals surface area contributed by atoms with Gasteiger partial charge in [0.1, 0.15) is 5.60 Å². The Balaban J connectivity index is 1.50. The van der Waals surface area contributed by atoms with E-state index in [0.717, 1.165) is 17.5 Å². The largest absolute Gasteiger partial charge is 0.444 e. The van der Waals surface area contributed by atoms with E-state index in [2.05, 4.69) is 10.1 Å². The van der Waals surface area contributed by atoms with Crippen molar-refractivity contribution < 1.29 is 18.8 Å². The Hall–Kier alpha value is -2.55. The van der Waals surface area contributed by atoms with E-state index < -0.39 is 5.60 Å². The van der Waals surface area contributed by atoms with Crippen LogP contribution in [0.5, 0.6) is 0 Å². The first-order chi connectivity index (χ1) is 14.1. The van der Waals surface area contributed by atoms with Crippen molar-refractivity contribution in [2.75, 3.05) is 25.9 Å². The Morgan fingerprint density at radius 3 is 2.83 bits per heavy atom. The van der Waals surface area contributed by atoms with Crippen LogP contribution < -0.4 is 0 Å². The average Bonchev–Trinajstić information content (AvgIpc) is 3.34. The van der Waals surface area contributed by atoms with Crippen LogP contribution in [0, 0.1) is 6.92 Å². The molecule has 162 valence electrons. The van der Waals surface area contributed by atoms with Gasteiger partial charge in [0.05, 0.1) is 11.8 Å². The van der Waals surface area contributed by atoms with E-state index in [0.29, 0.717) is 24.1 Å². The van der Waals surface area contributed by atoms with Crippen molar-refractivity contribution >= 4 is 23.8 Å². The predicted octanol–water partition coefficient (Wildman–Crippen LogP) is 3.60. The van der Waals surface area contributed by atoms with Crippen molar-refractivity contribution in [3.8, 4) is 11.4 Å². The maximum atomic E-state index is 12.6. The van der Waals surface area contributed by atoms with Gasteiger partial charge in [-0.2, -0.15) is 4.98 Å². The van der Waals surface area contributed by atoms with Crippen LogP contribution in [0.15, 0.2) is 34.0 Å². The molecule has 2 heterocycles. The Bertz CT molecular complexity index is 908. The molecule has 1 aliphatic heterocycles. The topological polar surface area (TPSA) is 88.8 Å². The lowest BCUT2D eigenvalue weighted by Crippen LogP contribution is -2.42. The molecule has 0 unspecified atom stereocenters. The second-order valence-electron chi connectivity index (χ2n) is 8.42. The molecule has 2 aromatic rings. The molecule has 8 nitrogen and oxygen atoms in total. The molecule has 0 N–H and O–H groups in total. The summed E-state index contributed by atoms with van der Waals surface area (Å²) in [6.07, 6.45) is 0.357. The molecule has 1 atom stereocenters. The van der Waals surface area contributed by atoms with Crippen molar-refractivity contribution in [1.82, 2.24) is 19.9 Å². The van der Waals surface area contributed by atoms with Crippen LogP contribution in [0.25, 0.3) is 11.4 Å². The first kappa shape index (κ1) is 22.1. The van der Waals surface area contributed by atoms with Crippen LogP contribution in [0.4, 0.5) is 4.79 Å². The third kappa shape index (κ3) is 5.75.